The highest BCUT2D eigenvalue weighted by Gasteiger charge is 2.29. The molecule has 1 aromatic carbocycles. The van der Waals surface area contributed by atoms with Gasteiger partial charge in [-0.05, 0) is 43.5 Å². The van der Waals surface area contributed by atoms with E-state index < -0.39 is 0 Å². The van der Waals surface area contributed by atoms with Crippen LogP contribution in [0.5, 0.6) is 0 Å². The number of nitrogens with zero attached hydrogens (tertiary/aromatic N) is 2. The first-order valence-electron chi connectivity index (χ1n) is 7.67. The van der Waals surface area contributed by atoms with Gasteiger partial charge in [0.15, 0.2) is 0 Å². The quantitative estimate of drug-likeness (QED) is 0.694. The minimum atomic E-state index is -0.00906. The van der Waals surface area contributed by atoms with Crippen LogP contribution in [0.15, 0.2) is 43.0 Å². The second kappa shape index (κ2) is 10.9. The van der Waals surface area contributed by atoms with Crippen LogP contribution in [-0.2, 0) is 12.1 Å². The van der Waals surface area contributed by atoms with E-state index in [4.69, 9.17) is 11.6 Å². The standard InChI is InChI=1S/C17H24ClN3.2ClH/c1-3-10-20-17(4-2,9-12-21-13-11-19-14-21)15-5-7-16(18)8-6-15;;/h5-8,11,13-14,20H,3-4,9-10,12H2,1-2H3;2*1H. The molecule has 0 fully saturated rings. The van der Waals surface area contributed by atoms with Crippen molar-refractivity contribution in [2.45, 2.75) is 45.2 Å². The lowest BCUT2D eigenvalue weighted by molar-refractivity contribution is 0.281. The minimum absolute atomic E-state index is 0. The topological polar surface area (TPSA) is 29.9 Å². The van der Waals surface area contributed by atoms with Crippen LogP contribution in [-0.4, -0.2) is 16.1 Å². The van der Waals surface area contributed by atoms with E-state index >= 15 is 0 Å². The molecule has 0 saturated heterocycles. The van der Waals surface area contributed by atoms with E-state index in [-0.39, 0.29) is 30.4 Å². The van der Waals surface area contributed by atoms with Crippen molar-refractivity contribution >= 4 is 36.4 Å². The number of nitrogens with one attached hydrogen (secondary N) is 1. The molecule has 1 unspecified atom stereocenters. The molecular formula is C17H26Cl3N3. The van der Waals surface area contributed by atoms with Gasteiger partial charge < -0.3 is 9.88 Å². The summed E-state index contributed by atoms with van der Waals surface area (Å²) in [6.45, 7) is 6.41. The van der Waals surface area contributed by atoms with Crippen molar-refractivity contribution in [2.24, 2.45) is 0 Å². The molecule has 2 aromatic rings. The Kier molecular flexibility index (Phi) is 10.6. The van der Waals surface area contributed by atoms with Crippen LogP contribution < -0.4 is 5.32 Å². The van der Waals surface area contributed by atoms with Gasteiger partial charge in [0.1, 0.15) is 0 Å². The van der Waals surface area contributed by atoms with Crippen LogP contribution in [0.3, 0.4) is 0 Å². The number of halogens is 3. The highest BCUT2D eigenvalue weighted by atomic mass is 35.5. The van der Waals surface area contributed by atoms with E-state index in [9.17, 15) is 0 Å². The zero-order valence-electron chi connectivity index (χ0n) is 13.7. The number of hydrogen-bond donors (Lipinski definition) is 1. The zero-order valence-corrected chi connectivity index (χ0v) is 16.1. The Hall–Kier alpha value is -0.740. The fourth-order valence-corrected chi connectivity index (χ4v) is 2.84. The summed E-state index contributed by atoms with van der Waals surface area (Å²) >= 11 is 6.03. The first kappa shape index (κ1) is 22.3. The van der Waals surface area contributed by atoms with Gasteiger partial charge in [-0.3, -0.25) is 0 Å². The van der Waals surface area contributed by atoms with Gasteiger partial charge in [0.05, 0.1) is 6.33 Å². The van der Waals surface area contributed by atoms with Crippen molar-refractivity contribution in [3.63, 3.8) is 0 Å². The fraction of sp³-hybridized carbons (Fsp3) is 0.471. The summed E-state index contributed by atoms with van der Waals surface area (Å²) in [5, 5.41) is 4.54. The molecule has 1 atom stereocenters. The molecule has 6 heteroatoms. The lowest BCUT2D eigenvalue weighted by Crippen LogP contribution is -2.43. The summed E-state index contributed by atoms with van der Waals surface area (Å²) < 4.78 is 2.13. The molecular weight excluding hydrogens is 353 g/mol. The van der Waals surface area contributed by atoms with Crippen molar-refractivity contribution in [2.75, 3.05) is 6.54 Å². The van der Waals surface area contributed by atoms with Gasteiger partial charge in [-0.15, -0.1) is 24.8 Å². The van der Waals surface area contributed by atoms with Crippen molar-refractivity contribution in [1.82, 2.24) is 14.9 Å². The average Bonchev–Trinajstić information content (AvgIpc) is 3.02. The first-order valence-corrected chi connectivity index (χ1v) is 8.05. The largest absolute Gasteiger partial charge is 0.337 e. The van der Waals surface area contributed by atoms with Crippen molar-refractivity contribution in [1.29, 1.82) is 0 Å². The number of imidazole rings is 1. The Morgan fingerprint density at radius 1 is 1.17 bits per heavy atom. The SMILES string of the molecule is CCCNC(CC)(CCn1ccnc1)c1ccc(Cl)cc1.Cl.Cl. The van der Waals surface area contributed by atoms with E-state index in [1.807, 2.05) is 30.9 Å². The molecule has 0 aliphatic carbocycles. The second-order valence-electron chi connectivity index (χ2n) is 5.42. The summed E-state index contributed by atoms with van der Waals surface area (Å²) in [6, 6.07) is 8.24. The Morgan fingerprint density at radius 2 is 1.87 bits per heavy atom. The van der Waals surface area contributed by atoms with E-state index in [1.165, 1.54) is 5.56 Å². The second-order valence-corrected chi connectivity index (χ2v) is 5.86. The summed E-state index contributed by atoms with van der Waals surface area (Å²) in [7, 11) is 0. The van der Waals surface area contributed by atoms with Crippen molar-refractivity contribution in [3.8, 4) is 0 Å². The molecule has 3 nitrogen and oxygen atoms in total. The molecule has 2 rings (SSSR count). The Labute approximate surface area is 156 Å². The Bertz CT molecular complexity index is 529. The minimum Gasteiger partial charge on any atom is -0.337 e. The summed E-state index contributed by atoms with van der Waals surface area (Å²) in [5.74, 6) is 0. The van der Waals surface area contributed by atoms with Gasteiger partial charge in [0.2, 0.25) is 0 Å². The highest BCUT2D eigenvalue weighted by Crippen LogP contribution is 2.30. The van der Waals surface area contributed by atoms with Crippen molar-refractivity contribution < 1.29 is 0 Å². The van der Waals surface area contributed by atoms with E-state index in [1.54, 1.807) is 0 Å². The van der Waals surface area contributed by atoms with Crippen LogP contribution in [0.4, 0.5) is 0 Å². The molecule has 130 valence electrons. The van der Waals surface area contributed by atoms with Gasteiger partial charge in [0, 0.05) is 29.5 Å². The van der Waals surface area contributed by atoms with Crippen LogP contribution in [0.2, 0.25) is 5.02 Å². The summed E-state index contributed by atoms with van der Waals surface area (Å²) in [5.41, 5.74) is 1.30. The number of aryl methyl sites for hydroxylation is 1. The van der Waals surface area contributed by atoms with Gasteiger partial charge in [-0.2, -0.15) is 0 Å². The summed E-state index contributed by atoms with van der Waals surface area (Å²) in [4.78, 5) is 4.12. The first-order chi connectivity index (χ1) is 10.2. The molecule has 0 aliphatic heterocycles. The predicted octanol–water partition coefficient (Wildman–Crippen LogP) is 5.08. The molecule has 0 aliphatic rings. The molecule has 0 radical (unpaired) electrons. The maximum atomic E-state index is 6.03. The van der Waals surface area contributed by atoms with Gasteiger partial charge >= 0.3 is 0 Å². The zero-order chi connectivity index (χ0) is 15.1. The molecule has 1 heterocycles. The maximum absolute atomic E-state index is 6.03. The van der Waals surface area contributed by atoms with Crippen molar-refractivity contribution in [3.05, 3.63) is 53.6 Å². The van der Waals surface area contributed by atoms with E-state index in [0.717, 1.165) is 37.4 Å². The number of aromatic nitrogens is 2. The normalized spacial score (nSPS) is 12.8. The fourth-order valence-electron chi connectivity index (χ4n) is 2.71. The monoisotopic (exact) mass is 377 g/mol. The average molecular weight is 379 g/mol. The third-order valence-electron chi connectivity index (χ3n) is 4.07. The van der Waals surface area contributed by atoms with Crippen LogP contribution in [0.1, 0.15) is 38.7 Å². The van der Waals surface area contributed by atoms with Gasteiger partial charge in [-0.25, -0.2) is 4.98 Å². The lowest BCUT2D eigenvalue weighted by Gasteiger charge is -2.35. The number of benzene rings is 1. The number of rotatable bonds is 8. The Balaban J connectivity index is 0.00000242. The number of hydrogen-bond acceptors (Lipinski definition) is 2. The molecule has 0 amide bonds. The predicted molar refractivity (Wildman–Crippen MR) is 103 cm³/mol. The van der Waals surface area contributed by atoms with Gasteiger partial charge in [0.25, 0.3) is 0 Å². The smallest absolute Gasteiger partial charge is 0.0945 e. The Morgan fingerprint density at radius 3 is 2.39 bits per heavy atom. The molecule has 0 bridgehead atoms. The molecule has 1 aromatic heterocycles. The highest BCUT2D eigenvalue weighted by molar-refractivity contribution is 6.30. The molecule has 0 spiro atoms. The van der Waals surface area contributed by atoms with Crippen LogP contribution >= 0.6 is 36.4 Å². The third-order valence-corrected chi connectivity index (χ3v) is 4.32. The summed E-state index contributed by atoms with van der Waals surface area (Å²) in [6.07, 6.45) is 8.92. The van der Waals surface area contributed by atoms with Crippen LogP contribution in [0.25, 0.3) is 0 Å². The van der Waals surface area contributed by atoms with Gasteiger partial charge in [-0.1, -0.05) is 37.6 Å². The third kappa shape index (κ3) is 6.00. The molecule has 0 saturated carbocycles. The van der Waals surface area contributed by atoms with Crippen LogP contribution in [0, 0.1) is 0 Å². The maximum Gasteiger partial charge on any atom is 0.0945 e. The van der Waals surface area contributed by atoms with E-state index in [0.29, 0.717) is 0 Å². The molecule has 23 heavy (non-hydrogen) atoms. The van der Waals surface area contributed by atoms with E-state index in [2.05, 4.69) is 40.8 Å². The molecule has 1 N–H and O–H groups in total. The lowest BCUT2D eigenvalue weighted by atomic mass is 9.83.